The molecule has 0 fully saturated rings. The Labute approximate surface area is 252 Å². The van der Waals surface area contributed by atoms with E-state index in [-0.39, 0.29) is 45.0 Å². The van der Waals surface area contributed by atoms with E-state index in [1.165, 1.54) is 18.2 Å². The van der Waals surface area contributed by atoms with Crippen molar-refractivity contribution in [1.82, 2.24) is 0 Å². The number of benzene rings is 5. The van der Waals surface area contributed by atoms with Gasteiger partial charge in [-0.25, -0.2) is 0 Å². The molecule has 0 saturated carbocycles. The fourth-order valence-electron chi connectivity index (χ4n) is 4.11. The lowest BCUT2D eigenvalue weighted by Gasteiger charge is -2.12. The summed E-state index contributed by atoms with van der Waals surface area (Å²) in [5.41, 5.74) is -0.307. The second-order valence-electron chi connectivity index (χ2n) is 9.22. The van der Waals surface area contributed by atoms with Crippen molar-refractivity contribution < 1.29 is 33.2 Å². The Morgan fingerprint density at radius 3 is 2.13 bits per heavy atom. The molecule has 16 nitrogen and oxygen atoms in total. The number of nitroso groups, excluding NO2 is 1. The molecule has 17 heteroatoms. The van der Waals surface area contributed by atoms with Crippen LogP contribution in [0.25, 0.3) is 10.8 Å². The predicted molar refractivity (Wildman–Crippen MR) is 162 cm³/mol. The molecule has 5 aromatic carbocycles. The van der Waals surface area contributed by atoms with Gasteiger partial charge in [0.25, 0.3) is 15.8 Å². The van der Waals surface area contributed by atoms with E-state index in [1.807, 2.05) is 0 Å². The van der Waals surface area contributed by atoms with Crippen LogP contribution in [0.1, 0.15) is 0 Å². The van der Waals surface area contributed by atoms with Gasteiger partial charge >= 0.3 is 0 Å². The van der Waals surface area contributed by atoms with Crippen molar-refractivity contribution in [2.24, 2.45) is 25.6 Å². The van der Waals surface area contributed by atoms with Crippen LogP contribution in [0.2, 0.25) is 0 Å². The highest BCUT2D eigenvalue weighted by Crippen LogP contribution is 2.43. The number of azo groups is 2. The molecule has 0 heterocycles. The second-order valence-corrected chi connectivity index (χ2v) is 10.6. The first-order valence-corrected chi connectivity index (χ1v) is 14.0. The van der Waals surface area contributed by atoms with Crippen LogP contribution in [0.15, 0.2) is 115 Å². The lowest BCUT2D eigenvalue weighted by molar-refractivity contribution is -0.384. The summed E-state index contributed by atoms with van der Waals surface area (Å²) >= 11 is 0. The van der Waals surface area contributed by atoms with Crippen LogP contribution in [0, 0.1) is 15.0 Å². The number of nitro groups is 1. The molecule has 226 valence electrons. The van der Waals surface area contributed by atoms with Gasteiger partial charge in [-0.3, -0.25) is 14.7 Å². The molecule has 0 amide bonds. The van der Waals surface area contributed by atoms with Crippen LogP contribution >= 0.6 is 0 Å². The lowest BCUT2D eigenvalue weighted by Crippen LogP contribution is -1.99. The number of para-hydroxylation sites is 1. The fraction of sp³-hybridized carbons (Fsp3) is 0. The number of nitro benzene ring substituents is 1. The summed E-state index contributed by atoms with van der Waals surface area (Å²) < 4.78 is 34.4. The number of non-ortho nitro benzene ring substituents is 1. The molecular formula is C28H19N7O9S. The Hall–Kier alpha value is -6.33. The summed E-state index contributed by atoms with van der Waals surface area (Å²) in [6.07, 6.45) is 0. The molecule has 0 aromatic heterocycles. The third kappa shape index (κ3) is 6.53. The number of nitrogens with one attached hydrogen (secondary N) is 1. The van der Waals surface area contributed by atoms with Crippen molar-refractivity contribution >= 4 is 66.4 Å². The summed E-state index contributed by atoms with van der Waals surface area (Å²) in [6, 6.07) is 18.8. The van der Waals surface area contributed by atoms with Crippen molar-refractivity contribution in [1.29, 1.82) is 0 Å². The Bertz CT molecular complexity index is 2170. The molecule has 0 aliphatic heterocycles. The first kappa shape index (κ1) is 30.1. The minimum Gasteiger partial charge on any atom is -0.506 e. The SMILES string of the molecule is O=Nc1ccc(O)c(N=Nc2c(S(=O)(=O)O)cc3cc(Nc4ccccc4N=Nc4cc([N+](=O)[O-])ccc4O)ccc3c2O)c1. The van der Waals surface area contributed by atoms with Gasteiger partial charge in [-0.15, -0.1) is 25.4 Å². The van der Waals surface area contributed by atoms with E-state index in [1.54, 1.807) is 30.3 Å². The molecule has 0 aliphatic rings. The number of aromatic hydroxyl groups is 3. The van der Waals surface area contributed by atoms with Crippen molar-refractivity contribution in [3.8, 4) is 17.2 Å². The zero-order valence-corrected chi connectivity index (χ0v) is 23.3. The third-order valence-electron chi connectivity index (χ3n) is 6.27. The monoisotopic (exact) mass is 629 g/mol. The third-order valence-corrected chi connectivity index (χ3v) is 7.14. The first-order valence-electron chi connectivity index (χ1n) is 12.5. The van der Waals surface area contributed by atoms with Gasteiger partial charge in [-0.05, 0) is 71.2 Å². The summed E-state index contributed by atoms with van der Waals surface area (Å²) in [6.45, 7) is 0. The maximum absolute atomic E-state index is 12.3. The highest BCUT2D eigenvalue weighted by molar-refractivity contribution is 7.86. The number of nitrogens with zero attached hydrogens (tertiary/aromatic N) is 6. The Balaban J connectivity index is 1.51. The standard InChI is InChI=1S/C28H19N7O9S/c36-24-9-6-17(34-39)13-22(24)32-33-27-26(45(42,43)44)12-15-11-16(5-8-19(15)28(27)38)29-20-3-1-2-4-21(20)30-31-23-14-18(35(40)41)7-10-25(23)37/h1-14,29,36-38H,(H,42,43,44). The van der Waals surface area contributed by atoms with Gasteiger partial charge in [-0.1, -0.05) is 12.1 Å². The minimum atomic E-state index is -4.95. The molecule has 45 heavy (non-hydrogen) atoms. The summed E-state index contributed by atoms with van der Waals surface area (Å²) in [4.78, 5) is 20.5. The summed E-state index contributed by atoms with van der Waals surface area (Å²) in [5, 5.41) is 63.7. The van der Waals surface area contributed by atoms with Gasteiger partial charge in [0.2, 0.25) is 0 Å². The topological polar surface area (TPSA) is 249 Å². The van der Waals surface area contributed by atoms with Crippen molar-refractivity contribution in [3.63, 3.8) is 0 Å². The Kier molecular flexibility index (Phi) is 8.11. The largest absolute Gasteiger partial charge is 0.506 e. The normalized spacial score (nSPS) is 11.8. The van der Waals surface area contributed by atoms with Gasteiger partial charge in [0.15, 0.2) is 5.75 Å². The van der Waals surface area contributed by atoms with Crippen LogP contribution in [0.4, 0.5) is 45.5 Å². The van der Waals surface area contributed by atoms with Gasteiger partial charge in [0.05, 0.1) is 10.6 Å². The summed E-state index contributed by atoms with van der Waals surface area (Å²) in [7, 11) is -4.95. The Morgan fingerprint density at radius 1 is 0.756 bits per heavy atom. The van der Waals surface area contributed by atoms with Crippen LogP contribution in [-0.2, 0) is 10.1 Å². The molecule has 0 bridgehead atoms. The van der Waals surface area contributed by atoms with Gasteiger partial charge in [-0.2, -0.15) is 8.42 Å². The highest BCUT2D eigenvalue weighted by atomic mass is 32.2. The molecule has 0 saturated heterocycles. The van der Waals surface area contributed by atoms with E-state index in [4.69, 9.17) is 0 Å². The zero-order valence-electron chi connectivity index (χ0n) is 22.5. The highest BCUT2D eigenvalue weighted by Gasteiger charge is 2.22. The first-order chi connectivity index (χ1) is 21.4. The van der Waals surface area contributed by atoms with E-state index in [0.717, 1.165) is 36.4 Å². The number of phenolic OH excluding ortho intramolecular Hbond substituents is 3. The number of hydrogen-bond acceptors (Lipinski definition) is 14. The number of fused-ring (bicyclic) bond motifs is 1. The molecule has 0 spiro atoms. The Morgan fingerprint density at radius 2 is 1.42 bits per heavy atom. The van der Waals surface area contributed by atoms with E-state index >= 15 is 0 Å². The van der Waals surface area contributed by atoms with Crippen LogP contribution in [0.5, 0.6) is 17.2 Å². The zero-order chi connectivity index (χ0) is 32.3. The molecule has 0 aliphatic carbocycles. The molecule has 5 N–H and O–H groups in total. The van der Waals surface area contributed by atoms with Gasteiger partial charge in [0, 0.05) is 23.2 Å². The molecule has 5 rings (SSSR count). The average Bonchev–Trinajstić information content (AvgIpc) is 3.00. The van der Waals surface area contributed by atoms with E-state index in [0.29, 0.717) is 11.4 Å². The van der Waals surface area contributed by atoms with Crippen molar-refractivity contribution in [2.45, 2.75) is 4.90 Å². The fourth-order valence-corrected chi connectivity index (χ4v) is 4.77. The minimum absolute atomic E-state index is 0.0928. The smallest absolute Gasteiger partial charge is 0.296 e. The molecule has 0 atom stereocenters. The summed E-state index contributed by atoms with van der Waals surface area (Å²) in [5.74, 6) is -1.37. The lowest BCUT2D eigenvalue weighted by atomic mass is 10.1. The maximum Gasteiger partial charge on any atom is 0.296 e. The average molecular weight is 630 g/mol. The van der Waals surface area contributed by atoms with E-state index in [2.05, 4.69) is 31.0 Å². The van der Waals surface area contributed by atoms with Crippen LogP contribution in [0.3, 0.4) is 0 Å². The number of rotatable bonds is 9. The number of anilines is 2. The quantitative estimate of drug-likeness (QED) is 0.0344. The van der Waals surface area contributed by atoms with Crippen LogP contribution in [-0.4, -0.2) is 33.2 Å². The van der Waals surface area contributed by atoms with E-state index < -0.39 is 37.1 Å². The molecular weight excluding hydrogens is 610 g/mol. The van der Waals surface area contributed by atoms with Crippen molar-refractivity contribution in [2.75, 3.05) is 5.32 Å². The van der Waals surface area contributed by atoms with Gasteiger partial charge in [0.1, 0.15) is 44.8 Å². The second kappa shape index (κ2) is 12.1. The van der Waals surface area contributed by atoms with Gasteiger partial charge < -0.3 is 20.6 Å². The predicted octanol–water partition coefficient (Wildman–Crippen LogP) is 8.08. The van der Waals surface area contributed by atoms with E-state index in [9.17, 15) is 43.3 Å². The van der Waals surface area contributed by atoms with Crippen LogP contribution < -0.4 is 5.32 Å². The molecule has 5 aromatic rings. The molecule has 0 radical (unpaired) electrons. The maximum atomic E-state index is 12.3. The number of hydrogen-bond donors (Lipinski definition) is 5. The van der Waals surface area contributed by atoms with Crippen molar-refractivity contribution in [3.05, 3.63) is 100.0 Å². The molecule has 0 unspecified atom stereocenters. The number of phenols is 3.